The van der Waals surface area contributed by atoms with Crippen LogP contribution in [0.15, 0.2) is 12.4 Å². The van der Waals surface area contributed by atoms with Crippen molar-refractivity contribution in [2.24, 2.45) is 11.8 Å². The average Bonchev–Trinajstić information content (AvgIpc) is 2.46. The van der Waals surface area contributed by atoms with E-state index in [1.165, 1.54) is 44.5 Å². The van der Waals surface area contributed by atoms with E-state index >= 15 is 0 Å². The molecule has 0 aliphatic heterocycles. The Labute approximate surface area is 106 Å². The van der Waals surface area contributed by atoms with Crippen molar-refractivity contribution >= 4 is 11.7 Å². The van der Waals surface area contributed by atoms with Crippen LogP contribution in [0.4, 0.5) is 5.82 Å². The number of hydrazine groups is 1. The minimum absolute atomic E-state index is 0.190. The predicted molar refractivity (Wildman–Crippen MR) is 68.8 cm³/mol. The van der Waals surface area contributed by atoms with Crippen LogP contribution in [-0.4, -0.2) is 22.4 Å². The van der Waals surface area contributed by atoms with Gasteiger partial charge in [0.2, 0.25) is 0 Å². The molecule has 0 spiro atoms. The van der Waals surface area contributed by atoms with E-state index in [2.05, 4.69) is 20.7 Å². The minimum atomic E-state index is -0.190. The van der Waals surface area contributed by atoms with Crippen LogP contribution in [0.2, 0.25) is 0 Å². The number of anilines is 1. The number of carbonyl (C=O) groups is 1. The highest BCUT2D eigenvalue weighted by molar-refractivity contribution is 5.92. The molecule has 1 fully saturated rings. The Morgan fingerprint density at radius 1 is 1.33 bits per heavy atom. The lowest BCUT2D eigenvalue weighted by Gasteiger charge is -2.21. The highest BCUT2D eigenvalue weighted by Crippen LogP contribution is 2.22. The van der Waals surface area contributed by atoms with Crippen molar-refractivity contribution in [2.75, 3.05) is 12.0 Å². The lowest BCUT2D eigenvalue weighted by Crippen LogP contribution is -2.31. The van der Waals surface area contributed by atoms with Gasteiger partial charge in [-0.25, -0.2) is 10.8 Å². The Balaban J connectivity index is 1.86. The van der Waals surface area contributed by atoms with E-state index in [9.17, 15) is 4.79 Å². The summed E-state index contributed by atoms with van der Waals surface area (Å²) in [6, 6.07) is 0. The fourth-order valence-corrected chi connectivity index (χ4v) is 2.26. The SMILES string of the molecule is NNc1cncc(C(=O)NCC2CCCCC2)n1. The third kappa shape index (κ3) is 3.40. The third-order valence-electron chi connectivity index (χ3n) is 3.29. The summed E-state index contributed by atoms with van der Waals surface area (Å²) >= 11 is 0. The molecule has 1 aliphatic rings. The third-order valence-corrected chi connectivity index (χ3v) is 3.29. The quantitative estimate of drug-likeness (QED) is 0.548. The normalized spacial score (nSPS) is 16.3. The zero-order chi connectivity index (χ0) is 12.8. The van der Waals surface area contributed by atoms with Gasteiger partial charge < -0.3 is 10.7 Å². The van der Waals surface area contributed by atoms with Gasteiger partial charge in [0.1, 0.15) is 5.69 Å². The summed E-state index contributed by atoms with van der Waals surface area (Å²) < 4.78 is 0. The van der Waals surface area contributed by atoms with Crippen molar-refractivity contribution in [3.63, 3.8) is 0 Å². The second kappa shape index (κ2) is 6.30. The van der Waals surface area contributed by atoms with Gasteiger partial charge in [-0.3, -0.25) is 9.78 Å². The van der Waals surface area contributed by atoms with Crippen molar-refractivity contribution in [3.8, 4) is 0 Å². The summed E-state index contributed by atoms with van der Waals surface area (Å²) in [5.74, 6) is 6.03. The van der Waals surface area contributed by atoms with Crippen LogP contribution in [0.1, 0.15) is 42.6 Å². The Hall–Kier alpha value is -1.69. The smallest absolute Gasteiger partial charge is 0.271 e. The summed E-state index contributed by atoms with van der Waals surface area (Å²) in [6.45, 7) is 0.723. The van der Waals surface area contributed by atoms with Crippen molar-refractivity contribution < 1.29 is 4.79 Å². The highest BCUT2D eigenvalue weighted by Gasteiger charge is 2.15. The number of carbonyl (C=O) groups excluding carboxylic acids is 1. The van der Waals surface area contributed by atoms with E-state index in [0.717, 1.165) is 6.54 Å². The van der Waals surface area contributed by atoms with Crippen molar-refractivity contribution in [1.82, 2.24) is 15.3 Å². The number of aromatic nitrogens is 2. The standard InChI is InChI=1S/C12H19N5O/c13-17-11-8-14-7-10(16-11)12(18)15-6-9-4-2-1-3-5-9/h7-9H,1-6,13H2,(H,15,18)(H,16,17). The Kier molecular flexibility index (Phi) is 4.46. The number of nitrogen functional groups attached to an aromatic ring is 1. The molecule has 6 heteroatoms. The lowest BCUT2D eigenvalue weighted by molar-refractivity contribution is 0.0938. The molecule has 1 heterocycles. The number of amides is 1. The predicted octanol–water partition coefficient (Wildman–Crippen LogP) is 1.07. The van der Waals surface area contributed by atoms with Gasteiger partial charge in [0.15, 0.2) is 5.82 Å². The van der Waals surface area contributed by atoms with Crippen LogP contribution in [0.5, 0.6) is 0 Å². The van der Waals surface area contributed by atoms with Gasteiger partial charge in [-0.05, 0) is 18.8 Å². The zero-order valence-corrected chi connectivity index (χ0v) is 10.4. The number of hydrogen-bond donors (Lipinski definition) is 3. The molecule has 1 amide bonds. The maximum absolute atomic E-state index is 11.9. The van der Waals surface area contributed by atoms with E-state index in [1.807, 2.05) is 0 Å². The number of nitrogens with two attached hydrogens (primary N) is 1. The van der Waals surface area contributed by atoms with Gasteiger partial charge >= 0.3 is 0 Å². The Morgan fingerprint density at radius 3 is 2.83 bits per heavy atom. The zero-order valence-electron chi connectivity index (χ0n) is 10.4. The van der Waals surface area contributed by atoms with Gasteiger partial charge in [-0.2, -0.15) is 0 Å². The van der Waals surface area contributed by atoms with Gasteiger partial charge in [-0.15, -0.1) is 0 Å². The molecule has 4 N–H and O–H groups in total. The first-order valence-corrected chi connectivity index (χ1v) is 6.36. The average molecular weight is 249 g/mol. The number of hydrogen-bond acceptors (Lipinski definition) is 5. The van der Waals surface area contributed by atoms with E-state index < -0.39 is 0 Å². The topological polar surface area (TPSA) is 92.9 Å². The first-order chi connectivity index (χ1) is 8.79. The molecule has 0 radical (unpaired) electrons. The summed E-state index contributed by atoms with van der Waals surface area (Å²) in [5, 5.41) is 2.91. The molecule has 6 nitrogen and oxygen atoms in total. The van der Waals surface area contributed by atoms with Gasteiger partial charge in [0.05, 0.1) is 12.4 Å². The van der Waals surface area contributed by atoms with Crippen LogP contribution in [-0.2, 0) is 0 Å². The van der Waals surface area contributed by atoms with Crippen LogP contribution in [0.3, 0.4) is 0 Å². The summed E-state index contributed by atoms with van der Waals surface area (Å²) in [7, 11) is 0. The molecule has 18 heavy (non-hydrogen) atoms. The van der Waals surface area contributed by atoms with Crippen LogP contribution < -0.4 is 16.6 Å². The summed E-state index contributed by atoms with van der Waals surface area (Å²) in [4.78, 5) is 19.8. The van der Waals surface area contributed by atoms with Crippen molar-refractivity contribution in [1.29, 1.82) is 0 Å². The first kappa shape index (κ1) is 12.8. The molecule has 1 aliphatic carbocycles. The van der Waals surface area contributed by atoms with Gasteiger partial charge in [0, 0.05) is 6.54 Å². The number of nitrogens with one attached hydrogen (secondary N) is 2. The minimum Gasteiger partial charge on any atom is -0.350 e. The molecule has 0 atom stereocenters. The first-order valence-electron chi connectivity index (χ1n) is 6.36. The molecular weight excluding hydrogens is 230 g/mol. The second-order valence-corrected chi connectivity index (χ2v) is 4.65. The number of rotatable bonds is 4. The lowest BCUT2D eigenvalue weighted by atomic mass is 9.89. The molecule has 0 unspecified atom stereocenters. The van der Waals surface area contributed by atoms with Crippen molar-refractivity contribution in [2.45, 2.75) is 32.1 Å². The molecule has 1 saturated carbocycles. The summed E-state index contributed by atoms with van der Waals surface area (Å²) in [6.07, 6.45) is 9.18. The van der Waals surface area contributed by atoms with Crippen LogP contribution in [0, 0.1) is 5.92 Å². The second-order valence-electron chi connectivity index (χ2n) is 4.65. The van der Waals surface area contributed by atoms with E-state index in [-0.39, 0.29) is 5.91 Å². The van der Waals surface area contributed by atoms with E-state index in [1.54, 1.807) is 0 Å². The van der Waals surface area contributed by atoms with Gasteiger partial charge in [0.25, 0.3) is 5.91 Å². The molecule has 2 rings (SSSR count). The maximum atomic E-state index is 11.9. The number of nitrogens with zero attached hydrogens (tertiary/aromatic N) is 2. The van der Waals surface area contributed by atoms with Crippen LogP contribution >= 0.6 is 0 Å². The van der Waals surface area contributed by atoms with E-state index in [0.29, 0.717) is 17.4 Å². The molecule has 0 bridgehead atoms. The van der Waals surface area contributed by atoms with Crippen LogP contribution in [0.25, 0.3) is 0 Å². The largest absolute Gasteiger partial charge is 0.350 e. The molecule has 0 aromatic carbocycles. The Morgan fingerprint density at radius 2 is 2.11 bits per heavy atom. The molecule has 98 valence electrons. The molecular formula is C12H19N5O. The summed E-state index contributed by atoms with van der Waals surface area (Å²) in [5.41, 5.74) is 2.67. The van der Waals surface area contributed by atoms with Crippen molar-refractivity contribution in [3.05, 3.63) is 18.1 Å². The molecule has 0 saturated heterocycles. The fourth-order valence-electron chi connectivity index (χ4n) is 2.26. The fraction of sp³-hybridized carbons (Fsp3) is 0.583. The maximum Gasteiger partial charge on any atom is 0.271 e. The van der Waals surface area contributed by atoms with E-state index in [4.69, 9.17) is 5.84 Å². The Bertz CT molecular complexity index is 403. The molecule has 1 aromatic rings. The monoisotopic (exact) mass is 249 g/mol. The van der Waals surface area contributed by atoms with Gasteiger partial charge in [-0.1, -0.05) is 19.3 Å². The molecule has 1 aromatic heterocycles. The highest BCUT2D eigenvalue weighted by atomic mass is 16.1.